The molecule has 1 atom stereocenters. The van der Waals surface area contributed by atoms with Crippen LogP contribution in [0.2, 0.25) is 0 Å². The molecule has 1 fully saturated rings. The predicted octanol–water partition coefficient (Wildman–Crippen LogP) is 3.28. The number of amides is 1. The lowest BCUT2D eigenvalue weighted by atomic mass is 9.81. The van der Waals surface area contributed by atoms with Crippen molar-refractivity contribution in [3.05, 3.63) is 63.7 Å². The Morgan fingerprint density at radius 3 is 3.04 bits per heavy atom. The number of nitrogens with one attached hydrogen (secondary N) is 1. The third-order valence-corrected chi connectivity index (χ3v) is 6.94. The second-order valence-electron chi connectivity index (χ2n) is 7.82. The van der Waals surface area contributed by atoms with Crippen LogP contribution in [0.3, 0.4) is 0 Å². The molecule has 28 heavy (non-hydrogen) atoms. The number of carbonyl (C=O) groups is 1. The third-order valence-electron chi connectivity index (χ3n) is 6.04. The number of primary amides is 1. The minimum atomic E-state index is -0.409. The maximum atomic E-state index is 13.5. The van der Waals surface area contributed by atoms with Crippen molar-refractivity contribution >= 4 is 22.8 Å². The maximum Gasteiger partial charge on any atom is 0.251 e. The second kappa shape index (κ2) is 8.05. The van der Waals surface area contributed by atoms with Crippen molar-refractivity contribution in [3.8, 4) is 0 Å². The number of carbonyl (C=O) groups excluding carboxylic acids is 1. The molecule has 6 heteroatoms. The van der Waals surface area contributed by atoms with Crippen LogP contribution in [0.25, 0.3) is 5.57 Å². The summed E-state index contributed by atoms with van der Waals surface area (Å²) < 4.78 is 13.5. The van der Waals surface area contributed by atoms with Gasteiger partial charge < -0.3 is 16.0 Å². The van der Waals surface area contributed by atoms with Crippen LogP contribution in [0.5, 0.6) is 0 Å². The monoisotopic (exact) mass is 399 g/mol. The highest BCUT2D eigenvalue weighted by atomic mass is 32.1. The Kier molecular flexibility index (Phi) is 5.51. The maximum absolute atomic E-state index is 13.5. The SMILES string of the molecule is NC(=O)/C(=C\NCCCN1CCC2(CCc3cc(F)ccc32)C1)c1cccs1. The molecule has 1 unspecified atom stereocenters. The minimum absolute atomic E-state index is 0.123. The Morgan fingerprint density at radius 2 is 2.25 bits per heavy atom. The van der Waals surface area contributed by atoms with Crippen molar-refractivity contribution in [2.75, 3.05) is 26.2 Å². The number of aryl methyl sites for hydroxylation is 1. The Balaban J connectivity index is 1.27. The number of hydrogen-bond donors (Lipinski definition) is 2. The van der Waals surface area contributed by atoms with Gasteiger partial charge in [-0.3, -0.25) is 4.79 Å². The standard InChI is InChI=1S/C22H26FN3OS/c23-17-4-5-19-16(13-17)6-7-22(19)8-11-26(15-22)10-2-9-25-14-18(21(24)27)20-3-1-12-28-20/h1,3-5,12-14,25H,2,6-11,15H2,(H2,24,27)/b18-14-. The topological polar surface area (TPSA) is 58.4 Å². The predicted molar refractivity (Wildman–Crippen MR) is 112 cm³/mol. The number of thiophene rings is 1. The van der Waals surface area contributed by atoms with Crippen LogP contribution in [0.1, 0.15) is 35.3 Å². The van der Waals surface area contributed by atoms with Gasteiger partial charge in [-0.15, -0.1) is 11.3 Å². The third kappa shape index (κ3) is 3.84. The zero-order valence-electron chi connectivity index (χ0n) is 15.9. The zero-order chi connectivity index (χ0) is 19.6. The largest absolute Gasteiger partial charge is 0.390 e. The Bertz CT molecular complexity index is 880. The highest BCUT2D eigenvalue weighted by Crippen LogP contribution is 2.45. The molecule has 2 aliphatic rings. The van der Waals surface area contributed by atoms with Gasteiger partial charge in [0.25, 0.3) is 5.91 Å². The van der Waals surface area contributed by atoms with Crippen LogP contribution in [-0.4, -0.2) is 37.0 Å². The van der Waals surface area contributed by atoms with Crippen LogP contribution in [-0.2, 0) is 16.6 Å². The quantitative estimate of drug-likeness (QED) is 0.555. The summed E-state index contributed by atoms with van der Waals surface area (Å²) in [6.45, 7) is 3.97. The fourth-order valence-corrected chi connectivity index (χ4v) is 5.39. The minimum Gasteiger partial charge on any atom is -0.390 e. The molecule has 1 spiro atoms. The van der Waals surface area contributed by atoms with E-state index in [2.05, 4.69) is 10.2 Å². The molecule has 1 aromatic heterocycles. The number of nitrogens with zero attached hydrogens (tertiary/aromatic N) is 1. The van der Waals surface area contributed by atoms with Gasteiger partial charge in [0.2, 0.25) is 0 Å². The average Bonchev–Trinajstić information content (AvgIpc) is 3.40. The smallest absolute Gasteiger partial charge is 0.251 e. The fraction of sp³-hybridized carbons (Fsp3) is 0.409. The number of nitrogens with two attached hydrogens (primary N) is 1. The lowest BCUT2D eigenvalue weighted by Gasteiger charge is -2.25. The highest BCUT2D eigenvalue weighted by Gasteiger charge is 2.43. The molecule has 1 aromatic carbocycles. The molecule has 0 bridgehead atoms. The number of likely N-dealkylation sites (tertiary alicyclic amines) is 1. The van der Waals surface area contributed by atoms with E-state index in [4.69, 9.17) is 5.73 Å². The summed E-state index contributed by atoms with van der Waals surface area (Å²) in [5, 5.41) is 5.17. The second-order valence-corrected chi connectivity index (χ2v) is 8.76. The van der Waals surface area contributed by atoms with Gasteiger partial charge in [0.1, 0.15) is 5.82 Å². The molecule has 2 heterocycles. The van der Waals surface area contributed by atoms with Crippen molar-refractivity contribution in [1.29, 1.82) is 0 Å². The van der Waals surface area contributed by atoms with Crippen molar-refractivity contribution < 1.29 is 9.18 Å². The lowest BCUT2D eigenvalue weighted by Crippen LogP contribution is -2.30. The first-order chi connectivity index (χ1) is 13.6. The van der Waals surface area contributed by atoms with Crippen molar-refractivity contribution in [3.63, 3.8) is 0 Å². The Morgan fingerprint density at radius 1 is 1.36 bits per heavy atom. The number of halogens is 1. The van der Waals surface area contributed by atoms with Gasteiger partial charge in [0, 0.05) is 29.6 Å². The fourth-order valence-electron chi connectivity index (χ4n) is 4.64. The van der Waals surface area contributed by atoms with E-state index in [1.54, 1.807) is 18.3 Å². The summed E-state index contributed by atoms with van der Waals surface area (Å²) in [5.41, 5.74) is 8.79. The van der Waals surface area contributed by atoms with Crippen LogP contribution >= 0.6 is 11.3 Å². The summed E-state index contributed by atoms with van der Waals surface area (Å²) in [4.78, 5) is 15.0. The van der Waals surface area contributed by atoms with Gasteiger partial charge in [-0.25, -0.2) is 4.39 Å². The van der Waals surface area contributed by atoms with Crippen molar-refractivity contribution in [1.82, 2.24) is 10.2 Å². The van der Waals surface area contributed by atoms with E-state index in [0.717, 1.165) is 56.7 Å². The van der Waals surface area contributed by atoms with E-state index in [-0.39, 0.29) is 11.2 Å². The van der Waals surface area contributed by atoms with Gasteiger partial charge >= 0.3 is 0 Å². The van der Waals surface area contributed by atoms with Crippen molar-refractivity contribution in [2.24, 2.45) is 5.73 Å². The average molecular weight is 400 g/mol. The first-order valence-electron chi connectivity index (χ1n) is 9.86. The number of hydrogen-bond acceptors (Lipinski definition) is 4. The summed E-state index contributed by atoms with van der Waals surface area (Å²) in [5.74, 6) is -0.532. The van der Waals surface area contributed by atoms with Crippen LogP contribution in [0.4, 0.5) is 4.39 Å². The molecular weight excluding hydrogens is 373 g/mol. The molecule has 148 valence electrons. The first-order valence-corrected chi connectivity index (χ1v) is 10.7. The van der Waals surface area contributed by atoms with E-state index >= 15 is 0 Å². The molecule has 0 saturated carbocycles. The molecule has 4 rings (SSSR count). The van der Waals surface area contributed by atoms with E-state index in [9.17, 15) is 9.18 Å². The van der Waals surface area contributed by atoms with Gasteiger partial charge in [0.05, 0.1) is 5.57 Å². The Labute approximate surface area is 169 Å². The molecule has 1 aliphatic carbocycles. The van der Waals surface area contributed by atoms with Gasteiger partial charge in [0.15, 0.2) is 0 Å². The molecule has 4 nitrogen and oxygen atoms in total. The van der Waals surface area contributed by atoms with Gasteiger partial charge in [-0.1, -0.05) is 12.1 Å². The number of benzene rings is 1. The number of rotatable bonds is 7. The van der Waals surface area contributed by atoms with Crippen LogP contribution < -0.4 is 11.1 Å². The number of fused-ring (bicyclic) bond motifs is 2. The lowest BCUT2D eigenvalue weighted by molar-refractivity contribution is -0.112. The van der Waals surface area contributed by atoms with E-state index in [1.807, 2.05) is 23.6 Å². The molecule has 1 saturated heterocycles. The highest BCUT2D eigenvalue weighted by molar-refractivity contribution is 7.11. The van der Waals surface area contributed by atoms with E-state index in [1.165, 1.54) is 22.5 Å². The van der Waals surface area contributed by atoms with Crippen LogP contribution in [0, 0.1) is 5.82 Å². The van der Waals surface area contributed by atoms with Crippen molar-refractivity contribution in [2.45, 2.75) is 31.1 Å². The molecular formula is C22H26FN3OS. The van der Waals surface area contributed by atoms with E-state index < -0.39 is 5.91 Å². The molecule has 0 radical (unpaired) electrons. The van der Waals surface area contributed by atoms with Gasteiger partial charge in [-0.2, -0.15) is 0 Å². The normalized spacial score (nSPS) is 22.0. The van der Waals surface area contributed by atoms with Crippen LogP contribution in [0.15, 0.2) is 41.9 Å². The Hall–Kier alpha value is -2.18. The molecule has 1 aliphatic heterocycles. The summed E-state index contributed by atoms with van der Waals surface area (Å²) in [7, 11) is 0. The van der Waals surface area contributed by atoms with E-state index in [0.29, 0.717) is 5.57 Å². The molecule has 2 aromatic rings. The summed E-state index contributed by atoms with van der Waals surface area (Å²) >= 11 is 1.51. The zero-order valence-corrected chi connectivity index (χ0v) is 16.7. The summed E-state index contributed by atoms with van der Waals surface area (Å²) in [6, 6.07) is 9.14. The first kappa shape index (κ1) is 19.2. The summed E-state index contributed by atoms with van der Waals surface area (Å²) in [6.07, 6.45) is 6.02. The molecule has 1 amide bonds. The van der Waals surface area contributed by atoms with Gasteiger partial charge in [-0.05, 0) is 73.5 Å². The molecule has 3 N–H and O–H groups in total.